The molecule has 0 aromatic heterocycles. The summed E-state index contributed by atoms with van der Waals surface area (Å²) < 4.78 is 12.9. The predicted molar refractivity (Wildman–Crippen MR) is 57.1 cm³/mol. The lowest BCUT2D eigenvalue weighted by atomic mass is 10.2. The van der Waals surface area contributed by atoms with Crippen LogP contribution >= 0.6 is 0 Å². The Bertz CT molecular complexity index is 338. The average Bonchev–Trinajstić information content (AvgIpc) is 2.43. The molecule has 0 amide bonds. The van der Waals surface area contributed by atoms with Crippen LogP contribution in [0.4, 0.5) is 15.8 Å². The van der Waals surface area contributed by atoms with E-state index in [1.807, 2.05) is 6.07 Å². The topological polar surface area (TPSA) is 15.3 Å². The summed E-state index contributed by atoms with van der Waals surface area (Å²) in [7, 11) is 0. The zero-order valence-electron chi connectivity index (χ0n) is 8.55. The number of nitrogens with one attached hydrogen (secondary N) is 1. The van der Waals surface area contributed by atoms with Crippen molar-refractivity contribution in [3.05, 3.63) is 24.0 Å². The van der Waals surface area contributed by atoms with E-state index >= 15 is 0 Å². The summed E-state index contributed by atoms with van der Waals surface area (Å²) in [4.78, 5) is 2.26. The van der Waals surface area contributed by atoms with Crippen molar-refractivity contribution in [3.8, 4) is 0 Å². The summed E-state index contributed by atoms with van der Waals surface area (Å²) in [6.45, 7) is 5.24. The van der Waals surface area contributed by atoms with E-state index < -0.39 is 0 Å². The second kappa shape index (κ2) is 3.48. The van der Waals surface area contributed by atoms with Crippen molar-refractivity contribution in [2.24, 2.45) is 0 Å². The first-order valence-electron chi connectivity index (χ1n) is 5.05. The molecule has 1 heterocycles. The summed E-state index contributed by atoms with van der Waals surface area (Å²) >= 11 is 0. The minimum absolute atomic E-state index is 0.179. The lowest BCUT2D eigenvalue weighted by Gasteiger charge is -2.22. The molecule has 1 N–H and O–H groups in total. The van der Waals surface area contributed by atoms with E-state index in [1.54, 1.807) is 6.07 Å². The minimum atomic E-state index is -0.179. The van der Waals surface area contributed by atoms with E-state index in [2.05, 4.69) is 24.1 Å². The summed E-state index contributed by atoms with van der Waals surface area (Å²) in [6, 6.07) is 4.92. The van der Waals surface area contributed by atoms with Crippen molar-refractivity contribution in [2.75, 3.05) is 16.8 Å². The highest BCUT2D eigenvalue weighted by molar-refractivity contribution is 5.75. The Labute approximate surface area is 83.7 Å². The maximum absolute atomic E-state index is 12.9. The van der Waals surface area contributed by atoms with Gasteiger partial charge in [0.15, 0.2) is 0 Å². The van der Waals surface area contributed by atoms with Crippen LogP contribution < -0.4 is 10.2 Å². The van der Waals surface area contributed by atoms with Gasteiger partial charge in [0, 0.05) is 6.54 Å². The standard InChI is InChI=1S/C11H15FN2/c1-3-6-14-8(2)13-10-7-9(12)4-5-11(10)14/h4-5,7-8,13H,3,6H2,1-2H3. The fraction of sp³-hybridized carbons (Fsp3) is 0.455. The Morgan fingerprint density at radius 3 is 3.00 bits per heavy atom. The number of rotatable bonds is 2. The minimum Gasteiger partial charge on any atom is -0.364 e. The predicted octanol–water partition coefficient (Wildman–Crippen LogP) is 2.81. The van der Waals surface area contributed by atoms with Crippen molar-refractivity contribution in [3.63, 3.8) is 0 Å². The first-order chi connectivity index (χ1) is 6.72. The molecule has 0 bridgehead atoms. The monoisotopic (exact) mass is 194 g/mol. The molecule has 0 saturated carbocycles. The molecule has 1 aromatic rings. The van der Waals surface area contributed by atoms with Crippen molar-refractivity contribution >= 4 is 11.4 Å². The number of nitrogens with zero attached hydrogens (tertiary/aromatic N) is 1. The molecule has 1 aromatic carbocycles. The van der Waals surface area contributed by atoms with Crippen LogP contribution in [0.1, 0.15) is 20.3 Å². The number of fused-ring (bicyclic) bond motifs is 1. The molecule has 0 aliphatic carbocycles. The first-order valence-corrected chi connectivity index (χ1v) is 5.05. The van der Waals surface area contributed by atoms with Gasteiger partial charge in [0.05, 0.1) is 17.5 Å². The van der Waals surface area contributed by atoms with E-state index in [1.165, 1.54) is 6.07 Å². The van der Waals surface area contributed by atoms with Gasteiger partial charge in [-0.15, -0.1) is 0 Å². The van der Waals surface area contributed by atoms with Crippen LogP contribution in [-0.2, 0) is 0 Å². The van der Waals surface area contributed by atoms with E-state index in [0.29, 0.717) is 0 Å². The third-order valence-electron chi connectivity index (χ3n) is 2.56. The van der Waals surface area contributed by atoms with Crippen molar-refractivity contribution in [2.45, 2.75) is 26.4 Å². The van der Waals surface area contributed by atoms with Gasteiger partial charge in [-0.1, -0.05) is 6.92 Å². The average molecular weight is 194 g/mol. The molecule has 3 heteroatoms. The van der Waals surface area contributed by atoms with Gasteiger partial charge in [-0.25, -0.2) is 4.39 Å². The Kier molecular flexibility index (Phi) is 2.32. The molecule has 14 heavy (non-hydrogen) atoms. The van der Waals surface area contributed by atoms with Gasteiger partial charge < -0.3 is 10.2 Å². The van der Waals surface area contributed by atoms with E-state index in [0.717, 1.165) is 24.3 Å². The quantitative estimate of drug-likeness (QED) is 0.778. The third-order valence-corrected chi connectivity index (χ3v) is 2.56. The molecule has 0 fully saturated rings. The smallest absolute Gasteiger partial charge is 0.125 e. The molecule has 76 valence electrons. The van der Waals surface area contributed by atoms with Crippen LogP contribution in [0.15, 0.2) is 18.2 Å². The number of hydrogen-bond donors (Lipinski definition) is 1. The van der Waals surface area contributed by atoms with Crippen molar-refractivity contribution in [1.82, 2.24) is 0 Å². The fourth-order valence-electron chi connectivity index (χ4n) is 1.94. The Morgan fingerprint density at radius 2 is 2.29 bits per heavy atom. The van der Waals surface area contributed by atoms with Crippen LogP contribution in [-0.4, -0.2) is 12.7 Å². The SMILES string of the molecule is CCCN1c2ccc(F)cc2NC1C. The van der Waals surface area contributed by atoms with Gasteiger partial charge >= 0.3 is 0 Å². The van der Waals surface area contributed by atoms with Crippen LogP contribution in [0.2, 0.25) is 0 Å². The summed E-state index contributed by atoms with van der Waals surface area (Å²) in [5, 5.41) is 3.26. The Hall–Kier alpha value is -1.25. The van der Waals surface area contributed by atoms with Crippen molar-refractivity contribution < 1.29 is 4.39 Å². The number of benzene rings is 1. The van der Waals surface area contributed by atoms with Gasteiger partial charge in [0.1, 0.15) is 5.82 Å². The highest BCUT2D eigenvalue weighted by Gasteiger charge is 2.24. The maximum Gasteiger partial charge on any atom is 0.125 e. The van der Waals surface area contributed by atoms with Crippen molar-refractivity contribution in [1.29, 1.82) is 0 Å². The fourth-order valence-corrected chi connectivity index (χ4v) is 1.94. The molecular formula is C11H15FN2. The molecule has 2 rings (SSSR count). The summed E-state index contributed by atoms with van der Waals surface area (Å²) in [5.41, 5.74) is 2.02. The molecule has 1 aliphatic heterocycles. The molecule has 0 spiro atoms. The Balaban J connectivity index is 2.33. The molecule has 0 radical (unpaired) electrons. The molecule has 1 atom stereocenters. The number of hydrogen-bond acceptors (Lipinski definition) is 2. The summed E-state index contributed by atoms with van der Waals surface area (Å²) in [5.74, 6) is -0.179. The first kappa shape index (κ1) is 9.31. The third kappa shape index (κ3) is 1.43. The van der Waals surface area contributed by atoms with Gasteiger partial charge in [-0.2, -0.15) is 0 Å². The van der Waals surface area contributed by atoms with Gasteiger partial charge in [-0.3, -0.25) is 0 Å². The Morgan fingerprint density at radius 1 is 1.50 bits per heavy atom. The van der Waals surface area contributed by atoms with E-state index in [-0.39, 0.29) is 12.0 Å². The molecular weight excluding hydrogens is 179 g/mol. The number of halogens is 1. The van der Waals surface area contributed by atoms with E-state index in [4.69, 9.17) is 0 Å². The second-order valence-electron chi connectivity index (χ2n) is 3.68. The molecule has 0 saturated heterocycles. The maximum atomic E-state index is 12.9. The van der Waals surface area contributed by atoms with Gasteiger partial charge in [-0.05, 0) is 31.5 Å². The number of anilines is 2. The highest BCUT2D eigenvalue weighted by atomic mass is 19.1. The zero-order valence-corrected chi connectivity index (χ0v) is 8.55. The van der Waals surface area contributed by atoms with Gasteiger partial charge in [0.25, 0.3) is 0 Å². The highest BCUT2D eigenvalue weighted by Crippen LogP contribution is 2.34. The molecule has 1 aliphatic rings. The van der Waals surface area contributed by atoms with Crippen LogP contribution in [0, 0.1) is 5.82 Å². The van der Waals surface area contributed by atoms with Crippen LogP contribution in [0.25, 0.3) is 0 Å². The lowest BCUT2D eigenvalue weighted by Crippen LogP contribution is -2.33. The normalized spacial score (nSPS) is 19.4. The van der Waals surface area contributed by atoms with E-state index in [9.17, 15) is 4.39 Å². The lowest BCUT2D eigenvalue weighted by molar-refractivity contribution is 0.628. The largest absolute Gasteiger partial charge is 0.364 e. The molecule has 1 unspecified atom stereocenters. The second-order valence-corrected chi connectivity index (χ2v) is 3.68. The van der Waals surface area contributed by atoms with Crippen LogP contribution in [0.3, 0.4) is 0 Å². The zero-order chi connectivity index (χ0) is 10.1. The molecule has 2 nitrogen and oxygen atoms in total. The summed E-state index contributed by atoms with van der Waals surface area (Å²) in [6.07, 6.45) is 1.37. The van der Waals surface area contributed by atoms with Crippen LogP contribution in [0.5, 0.6) is 0 Å². The van der Waals surface area contributed by atoms with Gasteiger partial charge in [0.2, 0.25) is 0 Å².